The van der Waals surface area contributed by atoms with Crippen molar-refractivity contribution in [2.45, 2.75) is 26.3 Å². The lowest BCUT2D eigenvalue weighted by molar-refractivity contribution is 0.0926. The topological polar surface area (TPSA) is 71.0 Å². The fourth-order valence-corrected chi connectivity index (χ4v) is 4.34. The van der Waals surface area contributed by atoms with E-state index in [1.54, 1.807) is 17.5 Å². The molecule has 1 unspecified atom stereocenters. The Kier molecular flexibility index (Phi) is 5.40. The van der Waals surface area contributed by atoms with E-state index in [4.69, 9.17) is 0 Å². The van der Waals surface area contributed by atoms with Crippen LogP contribution in [0.15, 0.2) is 36.5 Å². The second-order valence-electron chi connectivity index (χ2n) is 7.08. The van der Waals surface area contributed by atoms with Crippen LogP contribution < -0.4 is 5.32 Å². The summed E-state index contributed by atoms with van der Waals surface area (Å²) in [6.07, 6.45) is 4.04. The van der Waals surface area contributed by atoms with E-state index in [9.17, 15) is 4.79 Å². The predicted octanol–water partition coefficient (Wildman–Crippen LogP) is 3.04. The highest BCUT2D eigenvalue weighted by Gasteiger charge is 2.22. The number of benzene rings is 1. The number of amides is 1. The molecule has 1 N–H and O–H groups in total. The fourth-order valence-electron chi connectivity index (χ4n) is 3.59. The van der Waals surface area contributed by atoms with E-state index in [1.807, 2.05) is 37.3 Å². The average Bonchev–Trinajstić information content (AvgIpc) is 3.10. The van der Waals surface area contributed by atoms with Gasteiger partial charge in [0.05, 0.1) is 6.54 Å². The first kappa shape index (κ1) is 18.0. The highest BCUT2D eigenvalue weighted by Crippen LogP contribution is 2.20. The molecule has 0 bridgehead atoms. The number of aromatic nitrogens is 3. The second kappa shape index (κ2) is 8.10. The van der Waals surface area contributed by atoms with Crippen LogP contribution >= 0.6 is 11.3 Å². The Bertz CT molecular complexity index is 941. The monoisotopic (exact) mass is 381 g/mol. The number of hydrogen-bond donors (Lipinski definition) is 1. The van der Waals surface area contributed by atoms with Gasteiger partial charge in [0, 0.05) is 24.7 Å². The lowest BCUT2D eigenvalue weighted by atomic mass is 9.98. The van der Waals surface area contributed by atoms with Crippen molar-refractivity contribution in [1.82, 2.24) is 25.4 Å². The van der Waals surface area contributed by atoms with Gasteiger partial charge in [-0.2, -0.15) is 0 Å². The quantitative estimate of drug-likeness (QED) is 0.736. The van der Waals surface area contributed by atoms with Crippen LogP contribution in [0, 0.1) is 12.8 Å². The number of piperidine rings is 1. The van der Waals surface area contributed by atoms with Crippen LogP contribution in [-0.4, -0.2) is 45.6 Å². The lowest BCUT2D eigenvalue weighted by Crippen LogP contribution is -2.40. The first-order valence-corrected chi connectivity index (χ1v) is 10.1. The van der Waals surface area contributed by atoms with Gasteiger partial charge in [0.2, 0.25) is 0 Å². The van der Waals surface area contributed by atoms with Gasteiger partial charge in [-0.3, -0.25) is 14.7 Å². The summed E-state index contributed by atoms with van der Waals surface area (Å²) in [5.74, 6) is 0.356. The van der Waals surface area contributed by atoms with E-state index in [0.717, 1.165) is 53.3 Å². The van der Waals surface area contributed by atoms with Gasteiger partial charge >= 0.3 is 0 Å². The molecule has 7 heteroatoms. The number of rotatable bonds is 5. The summed E-state index contributed by atoms with van der Waals surface area (Å²) in [5.41, 5.74) is 0.478. The zero-order valence-corrected chi connectivity index (χ0v) is 16.2. The molecule has 0 aliphatic carbocycles. The molecule has 0 saturated carbocycles. The summed E-state index contributed by atoms with van der Waals surface area (Å²) in [4.78, 5) is 19.2. The van der Waals surface area contributed by atoms with Crippen molar-refractivity contribution in [3.8, 4) is 0 Å². The Morgan fingerprint density at radius 2 is 2.15 bits per heavy atom. The number of hydrogen-bond acceptors (Lipinski definition) is 6. The molecule has 1 fully saturated rings. The molecule has 1 aromatic carbocycles. The van der Waals surface area contributed by atoms with E-state index in [1.165, 1.54) is 0 Å². The number of nitrogens with zero attached hydrogens (tertiary/aromatic N) is 4. The molecule has 1 amide bonds. The smallest absolute Gasteiger partial charge is 0.269 e. The summed E-state index contributed by atoms with van der Waals surface area (Å²) in [5, 5.41) is 15.5. The lowest BCUT2D eigenvalue weighted by Gasteiger charge is -2.32. The molecule has 4 rings (SSSR count). The number of aryl methyl sites for hydroxylation is 1. The normalized spacial score (nSPS) is 17.9. The van der Waals surface area contributed by atoms with Crippen molar-refractivity contribution in [2.75, 3.05) is 19.6 Å². The molecule has 1 atom stereocenters. The predicted molar refractivity (Wildman–Crippen MR) is 107 cm³/mol. The number of pyridine rings is 1. The minimum absolute atomic E-state index is 0.0994. The average molecular weight is 382 g/mol. The number of carbonyl (C=O) groups is 1. The maximum absolute atomic E-state index is 12.5. The standard InChI is InChI=1S/C20H23N5OS/c1-14-23-24-19(27-14)13-25-8-4-5-15(12-25)10-22-20(26)18-9-16-6-2-3-7-17(16)11-21-18/h2-3,6-7,9,11,15H,4-5,8,10,12-13H2,1H3,(H,22,26). The van der Waals surface area contributed by atoms with Gasteiger partial charge in [-0.15, -0.1) is 21.5 Å². The molecular weight excluding hydrogens is 358 g/mol. The minimum atomic E-state index is -0.0994. The molecule has 1 aliphatic rings. The molecular formula is C20H23N5OS. The Labute approximate surface area is 162 Å². The molecule has 0 radical (unpaired) electrons. The molecule has 27 heavy (non-hydrogen) atoms. The van der Waals surface area contributed by atoms with Crippen LogP contribution in [0.25, 0.3) is 10.8 Å². The van der Waals surface area contributed by atoms with Crippen molar-refractivity contribution in [1.29, 1.82) is 0 Å². The van der Waals surface area contributed by atoms with Crippen LogP contribution in [0.4, 0.5) is 0 Å². The van der Waals surface area contributed by atoms with Gasteiger partial charge in [-0.05, 0) is 43.7 Å². The first-order chi connectivity index (χ1) is 13.2. The SMILES string of the molecule is Cc1nnc(CN2CCCC(CNC(=O)c3cc4ccccc4cn3)C2)s1. The maximum Gasteiger partial charge on any atom is 0.269 e. The number of likely N-dealkylation sites (tertiary alicyclic amines) is 1. The summed E-state index contributed by atoms with van der Waals surface area (Å²) in [6, 6.07) is 9.81. The van der Waals surface area contributed by atoms with Crippen molar-refractivity contribution >= 4 is 28.0 Å². The third kappa shape index (κ3) is 4.48. The summed E-state index contributed by atoms with van der Waals surface area (Å²) in [7, 11) is 0. The van der Waals surface area contributed by atoms with Crippen LogP contribution in [0.1, 0.15) is 33.3 Å². The van der Waals surface area contributed by atoms with E-state index in [-0.39, 0.29) is 5.91 Å². The molecule has 6 nitrogen and oxygen atoms in total. The van der Waals surface area contributed by atoms with Crippen LogP contribution in [0.2, 0.25) is 0 Å². The zero-order valence-electron chi connectivity index (χ0n) is 15.4. The summed E-state index contributed by atoms with van der Waals surface area (Å²) >= 11 is 1.66. The third-order valence-corrected chi connectivity index (χ3v) is 5.77. The van der Waals surface area contributed by atoms with E-state index in [0.29, 0.717) is 18.2 Å². The molecule has 1 saturated heterocycles. The van der Waals surface area contributed by atoms with Gasteiger partial charge in [-0.25, -0.2) is 0 Å². The van der Waals surface area contributed by atoms with E-state index < -0.39 is 0 Å². The van der Waals surface area contributed by atoms with Gasteiger partial charge in [0.1, 0.15) is 15.7 Å². The minimum Gasteiger partial charge on any atom is -0.350 e. The van der Waals surface area contributed by atoms with Gasteiger partial charge in [0.25, 0.3) is 5.91 Å². The van der Waals surface area contributed by atoms with E-state index >= 15 is 0 Å². The molecule has 140 valence electrons. The molecule has 3 heterocycles. The van der Waals surface area contributed by atoms with Gasteiger partial charge in [0.15, 0.2) is 0 Å². The Morgan fingerprint density at radius 3 is 2.96 bits per heavy atom. The number of carbonyl (C=O) groups excluding carboxylic acids is 1. The number of nitrogens with one attached hydrogen (secondary N) is 1. The Hall–Kier alpha value is -2.38. The van der Waals surface area contributed by atoms with Gasteiger partial charge < -0.3 is 5.32 Å². The maximum atomic E-state index is 12.5. The van der Waals surface area contributed by atoms with Crippen molar-refractivity contribution in [3.63, 3.8) is 0 Å². The highest BCUT2D eigenvalue weighted by atomic mass is 32.1. The second-order valence-corrected chi connectivity index (χ2v) is 8.35. The Morgan fingerprint density at radius 1 is 1.30 bits per heavy atom. The molecule has 1 aliphatic heterocycles. The third-order valence-electron chi connectivity index (χ3n) is 4.94. The molecule has 0 spiro atoms. The van der Waals surface area contributed by atoms with Gasteiger partial charge in [-0.1, -0.05) is 24.3 Å². The van der Waals surface area contributed by atoms with Crippen LogP contribution in [0.3, 0.4) is 0 Å². The first-order valence-electron chi connectivity index (χ1n) is 9.32. The Balaban J connectivity index is 1.32. The molecule has 2 aromatic heterocycles. The fraction of sp³-hybridized carbons (Fsp3) is 0.400. The summed E-state index contributed by atoms with van der Waals surface area (Å²) < 4.78 is 0. The van der Waals surface area contributed by atoms with Crippen molar-refractivity contribution < 1.29 is 4.79 Å². The summed E-state index contributed by atoms with van der Waals surface area (Å²) in [6.45, 7) is 5.57. The highest BCUT2D eigenvalue weighted by molar-refractivity contribution is 7.11. The van der Waals surface area contributed by atoms with Crippen molar-refractivity contribution in [2.24, 2.45) is 5.92 Å². The largest absolute Gasteiger partial charge is 0.350 e. The van der Waals surface area contributed by atoms with E-state index in [2.05, 4.69) is 25.4 Å². The molecule has 3 aromatic rings. The number of fused-ring (bicyclic) bond motifs is 1. The van der Waals surface area contributed by atoms with Crippen molar-refractivity contribution in [3.05, 3.63) is 52.2 Å². The zero-order chi connectivity index (χ0) is 18.6. The van der Waals surface area contributed by atoms with Crippen LogP contribution in [0.5, 0.6) is 0 Å². The van der Waals surface area contributed by atoms with Crippen LogP contribution in [-0.2, 0) is 6.54 Å².